The Balaban J connectivity index is 4.14. The Bertz CT molecular complexity index is 462. The van der Waals surface area contributed by atoms with Gasteiger partial charge in [-0.2, -0.15) is 0 Å². The van der Waals surface area contributed by atoms with Gasteiger partial charge in [0.1, 0.15) is 18.8 Å². The Hall–Kier alpha value is -1.63. The van der Waals surface area contributed by atoms with Crippen molar-refractivity contribution in [2.75, 3.05) is 26.4 Å². The monoisotopic (exact) mass is 429 g/mol. The molecule has 1 amide bonds. The molecule has 0 aromatic heterocycles. The van der Waals surface area contributed by atoms with Gasteiger partial charge in [-0.05, 0) is 19.3 Å². The summed E-state index contributed by atoms with van der Waals surface area (Å²) in [6.45, 7) is 7.94. The second-order valence-electron chi connectivity index (χ2n) is 8.07. The van der Waals surface area contributed by atoms with Crippen molar-refractivity contribution in [3.05, 3.63) is 0 Å². The highest BCUT2D eigenvalue weighted by atomic mass is 16.5. The molecule has 0 aliphatic rings. The van der Waals surface area contributed by atoms with Gasteiger partial charge in [-0.15, -0.1) is 0 Å². The standard InChI is InChI=1S/C23H43NO6/c1-5-6-7-13-16-28-17-14-11-9-8-10-12-15-23(24-20(2)25,18-29-21(3)26)19-30-22(4)27/h5-19H2,1-4H3,(H,24,25). The van der Waals surface area contributed by atoms with Crippen LogP contribution < -0.4 is 5.32 Å². The first-order valence-corrected chi connectivity index (χ1v) is 11.4. The first kappa shape index (κ1) is 28.4. The van der Waals surface area contributed by atoms with Gasteiger partial charge in [0.25, 0.3) is 0 Å². The molecular formula is C23H43NO6. The number of carbonyl (C=O) groups is 3. The molecule has 0 heterocycles. The molecule has 0 aliphatic heterocycles. The molecular weight excluding hydrogens is 386 g/mol. The van der Waals surface area contributed by atoms with Gasteiger partial charge in [0.05, 0.1) is 0 Å². The van der Waals surface area contributed by atoms with E-state index in [1.165, 1.54) is 40.0 Å². The van der Waals surface area contributed by atoms with Crippen LogP contribution in [0.3, 0.4) is 0 Å². The Labute approximate surface area is 182 Å². The zero-order chi connectivity index (χ0) is 22.7. The highest BCUT2D eigenvalue weighted by Gasteiger charge is 2.33. The highest BCUT2D eigenvalue weighted by molar-refractivity contribution is 5.74. The lowest BCUT2D eigenvalue weighted by Gasteiger charge is -2.33. The van der Waals surface area contributed by atoms with E-state index in [9.17, 15) is 14.4 Å². The van der Waals surface area contributed by atoms with E-state index in [1.54, 1.807) is 0 Å². The number of hydrogen-bond donors (Lipinski definition) is 1. The SMILES string of the molecule is CCCCCCOCCCCCCCCC(COC(C)=O)(COC(C)=O)NC(C)=O. The fourth-order valence-corrected chi connectivity index (χ4v) is 3.28. The summed E-state index contributed by atoms with van der Waals surface area (Å²) in [6.07, 6.45) is 11.8. The van der Waals surface area contributed by atoms with Crippen molar-refractivity contribution in [2.45, 2.75) is 104 Å². The van der Waals surface area contributed by atoms with E-state index in [0.717, 1.165) is 58.2 Å². The van der Waals surface area contributed by atoms with Crippen LogP contribution in [0.1, 0.15) is 98.3 Å². The molecule has 7 heteroatoms. The van der Waals surface area contributed by atoms with Crippen LogP contribution in [-0.4, -0.2) is 49.8 Å². The molecule has 0 saturated carbocycles. The average molecular weight is 430 g/mol. The zero-order valence-corrected chi connectivity index (χ0v) is 19.6. The average Bonchev–Trinajstić information content (AvgIpc) is 2.67. The molecule has 30 heavy (non-hydrogen) atoms. The normalized spacial score (nSPS) is 11.2. The maximum absolute atomic E-state index is 11.7. The van der Waals surface area contributed by atoms with E-state index >= 15 is 0 Å². The van der Waals surface area contributed by atoms with Gasteiger partial charge < -0.3 is 19.5 Å². The molecule has 0 unspecified atom stereocenters. The summed E-state index contributed by atoms with van der Waals surface area (Å²) in [4.78, 5) is 34.2. The fourth-order valence-electron chi connectivity index (χ4n) is 3.28. The lowest BCUT2D eigenvalue weighted by Crippen LogP contribution is -2.55. The van der Waals surface area contributed by atoms with Crippen LogP contribution >= 0.6 is 0 Å². The van der Waals surface area contributed by atoms with E-state index in [0.29, 0.717) is 6.42 Å². The zero-order valence-electron chi connectivity index (χ0n) is 19.6. The van der Waals surface area contributed by atoms with Crippen molar-refractivity contribution in [1.82, 2.24) is 5.32 Å². The molecule has 0 spiro atoms. The predicted octanol–water partition coefficient (Wildman–Crippen LogP) is 4.32. The van der Waals surface area contributed by atoms with E-state index in [2.05, 4.69) is 12.2 Å². The van der Waals surface area contributed by atoms with Crippen molar-refractivity contribution in [1.29, 1.82) is 0 Å². The largest absolute Gasteiger partial charge is 0.463 e. The van der Waals surface area contributed by atoms with Crippen LogP contribution in [0.4, 0.5) is 0 Å². The molecule has 7 nitrogen and oxygen atoms in total. The minimum Gasteiger partial charge on any atom is -0.463 e. The molecule has 0 aromatic carbocycles. The molecule has 0 aromatic rings. The Morgan fingerprint density at radius 2 is 1.17 bits per heavy atom. The fraction of sp³-hybridized carbons (Fsp3) is 0.870. The van der Waals surface area contributed by atoms with Crippen molar-refractivity contribution in [3.8, 4) is 0 Å². The van der Waals surface area contributed by atoms with Gasteiger partial charge in [-0.3, -0.25) is 14.4 Å². The Morgan fingerprint density at radius 3 is 1.63 bits per heavy atom. The van der Waals surface area contributed by atoms with Gasteiger partial charge in [0.2, 0.25) is 5.91 Å². The molecule has 0 rings (SSSR count). The summed E-state index contributed by atoms with van der Waals surface area (Å²) in [6, 6.07) is 0. The number of amides is 1. The van der Waals surface area contributed by atoms with Gasteiger partial charge in [0, 0.05) is 34.0 Å². The molecule has 0 fully saturated rings. The topological polar surface area (TPSA) is 90.9 Å². The lowest BCUT2D eigenvalue weighted by molar-refractivity contribution is -0.150. The molecule has 0 atom stereocenters. The van der Waals surface area contributed by atoms with Crippen molar-refractivity contribution in [2.24, 2.45) is 0 Å². The van der Waals surface area contributed by atoms with Gasteiger partial charge in [-0.1, -0.05) is 58.3 Å². The van der Waals surface area contributed by atoms with Gasteiger partial charge >= 0.3 is 11.9 Å². The van der Waals surface area contributed by atoms with Crippen LogP contribution in [0, 0.1) is 0 Å². The number of rotatable bonds is 19. The summed E-state index contributed by atoms with van der Waals surface area (Å²) in [5.74, 6) is -1.11. The molecule has 0 radical (unpaired) electrons. The lowest BCUT2D eigenvalue weighted by atomic mass is 9.93. The number of ether oxygens (including phenoxy) is 3. The number of nitrogens with one attached hydrogen (secondary N) is 1. The first-order chi connectivity index (χ1) is 14.3. The molecule has 176 valence electrons. The van der Waals surface area contributed by atoms with Crippen LogP contribution in [-0.2, 0) is 28.6 Å². The number of esters is 2. The molecule has 0 bridgehead atoms. The van der Waals surface area contributed by atoms with E-state index in [-0.39, 0.29) is 19.1 Å². The van der Waals surface area contributed by atoms with Crippen molar-refractivity contribution >= 4 is 17.8 Å². The Kier molecular flexibility index (Phi) is 17.2. The molecule has 0 saturated heterocycles. The molecule has 1 N–H and O–H groups in total. The summed E-state index contributed by atoms with van der Waals surface area (Å²) in [7, 11) is 0. The van der Waals surface area contributed by atoms with Crippen molar-refractivity contribution in [3.63, 3.8) is 0 Å². The third-order valence-corrected chi connectivity index (χ3v) is 4.88. The van der Waals surface area contributed by atoms with Crippen LogP contribution in [0.25, 0.3) is 0 Å². The van der Waals surface area contributed by atoms with E-state index in [1.807, 2.05) is 0 Å². The first-order valence-electron chi connectivity index (χ1n) is 11.4. The smallest absolute Gasteiger partial charge is 0.302 e. The van der Waals surface area contributed by atoms with Gasteiger partial charge in [0.15, 0.2) is 0 Å². The van der Waals surface area contributed by atoms with Crippen LogP contribution in [0.5, 0.6) is 0 Å². The maximum Gasteiger partial charge on any atom is 0.302 e. The predicted molar refractivity (Wildman–Crippen MR) is 117 cm³/mol. The summed E-state index contributed by atoms with van der Waals surface area (Å²) < 4.78 is 16.0. The maximum atomic E-state index is 11.7. The number of unbranched alkanes of at least 4 members (excludes halogenated alkanes) is 8. The van der Waals surface area contributed by atoms with E-state index in [4.69, 9.17) is 14.2 Å². The highest BCUT2D eigenvalue weighted by Crippen LogP contribution is 2.19. The third-order valence-electron chi connectivity index (χ3n) is 4.88. The molecule has 0 aliphatic carbocycles. The number of carbonyl (C=O) groups excluding carboxylic acids is 3. The summed E-state index contributed by atoms with van der Waals surface area (Å²) in [5, 5.41) is 2.84. The second-order valence-corrected chi connectivity index (χ2v) is 8.07. The van der Waals surface area contributed by atoms with E-state index < -0.39 is 17.5 Å². The number of hydrogen-bond acceptors (Lipinski definition) is 6. The second kappa shape index (κ2) is 18.2. The summed E-state index contributed by atoms with van der Waals surface area (Å²) >= 11 is 0. The Morgan fingerprint density at radius 1 is 0.700 bits per heavy atom. The quantitative estimate of drug-likeness (QED) is 0.243. The third kappa shape index (κ3) is 17.2. The van der Waals surface area contributed by atoms with Gasteiger partial charge in [-0.25, -0.2) is 0 Å². The minimum absolute atomic E-state index is 0.00914. The van der Waals surface area contributed by atoms with Crippen molar-refractivity contribution < 1.29 is 28.6 Å². The van der Waals surface area contributed by atoms with Crippen LogP contribution in [0.2, 0.25) is 0 Å². The minimum atomic E-state index is -0.880. The van der Waals surface area contributed by atoms with Crippen LogP contribution in [0.15, 0.2) is 0 Å². The summed E-state index contributed by atoms with van der Waals surface area (Å²) in [5.41, 5.74) is -0.880.